The van der Waals surface area contributed by atoms with Crippen molar-refractivity contribution in [2.75, 3.05) is 6.61 Å². The Morgan fingerprint density at radius 2 is 1.61 bits per heavy atom. The molecule has 1 amide bonds. The molecule has 0 aromatic heterocycles. The van der Waals surface area contributed by atoms with Gasteiger partial charge in [-0.15, -0.1) is 0 Å². The molecule has 0 bridgehead atoms. The predicted octanol–water partition coefficient (Wildman–Crippen LogP) is 4.39. The minimum atomic E-state index is -0.471. The Bertz CT molecular complexity index is 655. The van der Waals surface area contributed by atoms with Gasteiger partial charge in [0.1, 0.15) is 6.61 Å². The lowest BCUT2D eigenvalue weighted by Gasteiger charge is -2.21. The highest BCUT2D eigenvalue weighted by molar-refractivity contribution is 5.66. The molecule has 122 valence electrons. The summed E-state index contributed by atoms with van der Waals surface area (Å²) < 4.78 is 5.08. The van der Waals surface area contributed by atoms with E-state index in [0.717, 1.165) is 22.3 Å². The van der Waals surface area contributed by atoms with E-state index < -0.39 is 6.09 Å². The molecule has 2 aromatic carbocycles. The molecule has 2 rings (SSSR count). The molecule has 23 heavy (non-hydrogen) atoms. The van der Waals surface area contributed by atoms with Crippen LogP contribution in [0.5, 0.6) is 0 Å². The van der Waals surface area contributed by atoms with Crippen LogP contribution in [0, 0.1) is 13.8 Å². The smallest absolute Gasteiger partial charge is 0.434 e. The Kier molecular flexibility index (Phi) is 6.18. The Morgan fingerprint density at radius 1 is 1.00 bits per heavy atom. The van der Waals surface area contributed by atoms with E-state index >= 15 is 0 Å². The van der Waals surface area contributed by atoms with Crippen LogP contribution in [0.3, 0.4) is 0 Å². The van der Waals surface area contributed by atoms with Gasteiger partial charge in [0.2, 0.25) is 0 Å². The molecule has 0 aliphatic carbocycles. The molecule has 0 radical (unpaired) electrons. The number of hydrogen-bond donors (Lipinski definition) is 0. The predicted molar refractivity (Wildman–Crippen MR) is 89.7 cm³/mol. The summed E-state index contributed by atoms with van der Waals surface area (Å²) in [5.41, 5.74) is 4.32. The Morgan fingerprint density at radius 3 is 2.22 bits per heavy atom. The van der Waals surface area contributed by atoms with Gasteiger partial charge in [-0.1, -0.05) is 59.7 Å². The van der Waals surface area contributed by atoms with Crippen molar-refractivity contribution in [3.05, 3.63) is 70.8 Å². The zero-order valence-electron chi connectivity index (χ0n) is 13.9. The van der Waals surface area contributed by atoms with Crippen molar-refractivity contribution in [2.45, 2.75) is 33.9 Å². The highest BCUT2D eigenvalue weighted by Crippen LogP contribution is 2.12. The van der Waals surface area contributed by atoms with Gasteiger partial charge in [0, 0.05) is 0 Å². The van der Waals surface area contributed by atoms with Gasteiger partial charge in [-0.05, 0) is 31.9 Å². The third kappa shape index (κ3) is 5.42. The van der Waals surface area contributed by atoms with Crippen molar-refractivity contribution in [3.63, 3.8) is 0 Å². The fraction of sp³-hybridized carbons (Fsp3) is 0.316. The first-order valence-corrected chi connectivity index (χ1v) is 7.76. The Hall–Kier alpha value is -2.33. The van der Waals surface area contributed by atoms with Crippen molar-refractivity contribution in [1.29, 1.82) is 0 Å². The van der Waals surface area contributed by atoms with Crippen molar-refractivity contribution < 1.29 is 14.4 Å². The van der Waals surface area contributed by atoms with Crippen molar-refractivity contribution in [3.8, 4) is 0 Å². The van der Waals surface area contributed by atoms with Crippen molar-refractivity contribution in [2.24, 2.45) is 0 Å². The van der Waals surface area contributed by atoms with Gasteiger partial charge in [-0.25, -0.2) is 4.79 Å². The molecule has 0 N–H and O–H groups in total. The lowest BCUT2D eigenvalue weighted by Crippen LogP contribution is -2.31. The topological polar surface area (TPSA) is 38.8 Å². The fourth-order valence-corrected chi connectivity index (χ4v) is 2.29. The van der Waals surface area contributed by atoms with Gasteiger partial charge in [0.15, 0.2) is 0 Å². The second-order valence-corrected chi connectivity index (χ2v) is 5.49. The highest BCUT2D eigenvalue weighted by Gasteiger charge is 2.16. The van der Waals surface area contributed by atoms with E-state index in [-0.39, 0.29) is 0 Å². The molecule has 4 nitrogen and oxygen atoms in total. The average Bonchev–Trinajstić information content (AvgIpc) is 2.52. The number of nitrogens with zero attached hydrogens (tertiary/aromatic N) is 1. The largest absolute Gasteiger partial charge is 0.448 e. The molecule has 0 aliphatic heterocycles. The van der Waals surface area contributed by atoms with Crippen LogP contribution >= 0.6 is 0 Å². The maximum atomic E-state index is 12.1. The maximum Gasteiger partial charge on any atom is 0.434 e. The molecule has 0 fully saturated rings. The minimum absolute atomic E-state index is 0.316. The van der Waals surface area contributed by atoms with E-state index in [0.29, 0.717) is 19.8 Å². The number of hydroxylamine groups is 2. The highest BCUT2D eigenvalue weighted by atomic mass is 16.7. The van der Waals surface area contributed by atoms with E-state index in [4.69, 9.17) is 9.57 Å². The molecule has 0 saturated carbocycles. The normalized spacial score (nSPS) is 10.4. The second kappa shape index (κ2) is 8.34. The lowest BCUT2D eigenvalue weighted by molar-refractivity contribution is -0.152. The molecule has 0 atom stereocenters. The van der Waals surface area contributed by atoms with Crippen LogP contribution in [0.2, 0.25) is 0 Å². The first-order valence-electron chi connectivity index (χ1n) is 7.76. The maximum absolute atomic E-state index is 12.1. The van der Waals surface area contributed by atoms with E-state index in [1.807, 2.05) is 62.4 Å². The van der Waals surface area contributed by atoms with Crippen LogP contribution in [0.15, 0.2) is 48.5 Å². The van der Waals surface area contributed by atoms with Gasteiger partial charge in [0.25, 0.3) is 0 Å². The number of hydrogen-bond acceptors (Lipinski definition) is 3. The van der Waals surface area contributed by atoms with Crippen LogP contribution in [0.4, 0.5) is 4.79 Å². The summed E-state index contributed by atoms with van der Waals surface area (Å²) in [6.07, 6.45) is -0.471. The monoisotopic (exact) mass is 313 g/mol. The second-order valence-electron chi connectivity index (χ2n) is 5.49. The standard InChI is InChI=1S/C19H23NO3/c1-4-22-19(21)20(13-17-9-5-7-15(2)11-17)23-14-18-10-6-8-16(3)12-18/h5-12H,4,13-14H2,1-3H3. The average molecular weight is 313 g/mol. The van der Waals surface area contributed by atoms with Gasteiger partial charge >= 0.3 is 6.09 Å². The zero-order chi connectivity index (χ0) is 16.7. The molecule has 0 saturated heterocycles. The molecule has 0 unspecified atom stereocenters. The summed E-state index contributed by atoms with van der Waals surface area (Å²) in [6, 6.07) is 16.0. The molecular formula is C19H23NO3. The van der Waals surface area contributed by atoms with Crippen LogP contribution in [-0.2, 0) is 22.7 Å². The number of carbonyl (C=O) groups excluding carboxylic acids is 1. The van der Waals surface area contributed by atoms with E-state index in [2.05, 4.69) is 0 Å². The number of aryl methyl sites for hydroxylation is 2. The van der Waals surface area contributed by atoms with Gasteiger partial charge < -0.3 is 4.74 Å². The quantitative estimate of drug-likeness (QED) is 0.742. The summed E-state index contributed by atoms with van der Waals surface area (Å²) in [5.74, 6) is 0. The number of amides is 1. The Balaban J connectivity index is 2.06. The van der Waals surface area contributed by atoms with Crippen LogP contribution in [0.25, 0.3) is 0 Å². The Labute approximate surface area is 137 Å². The van der Waals surface area contributed by atoms with E-state index in [1.165, 1.54) is 5.06 Å². The summed E-state index contributed by atoms with van der Waals surface area (Å²) in [7, 11) is 0. The van der Waals surface area contributed by atoms with E-state index in [1.54, 1.807) is 6.92 Å². The lowest BCUT2D eigenvalue weighted by atomic mass is 10.1. The molecule has 0 heterocycles. The number of benzene rings is 2. The SMILES string of the molecule is CCOC(=O)N(Cc1cccc(C)c1)OCc1cccc(C)c1. The fourth-order valence-electron chi connectivity index (χ4n) is 2.29. The molecule has 4 heteroatoms. The van der Waals surface area contributed by atoms with Crippen LogP contribution in [0.1, 0.15) is 29.2 Å². The summed E-state index contributed by atoms with van der Waals surface area (Å²) in [4.78, 5) is 17.8. The minimum Gasteiger partial charge on any atom is -0.448 e. The first-order chi connectivity index (χ1) is 11.1. The van der Waals surface area contributed by atoms with Gasteiger partial charge in [-0.2, -0.15) is 5.06 Å². The van der Waals surface area contributed by atoms with Crippen LogP contribution < -0.4 is 0 Å². The molecular weight excluding hydrogens is 290 g/mol. The number of carbonyl (C=O) groups is 1. The number of rotatable bonds is 6. The molecule has 2 aromatic rings. The van der Waals surface area contributed by atoms with Gasteiger partial charge in [-0.3, -0.25) is 4.84 Å². The zero-order valence-corrected chi connectivity index (χ0v) is 13.9. The van der Waals surface area contributed by atoms with Crippen molar-refractivity contribution in [1.82, 2.24) is 5.06 Å². The third-order valence-corrected chi connectivity index (χ3v) is 3.35. The number of ether oxygens (including phenoxy) is 1. The van der Waals surface area contributed by atoms with Crippen LogP contribution in [-0.4, -0.2) is 17.8 Å². The van der Waals surface area contributed by atoms with Gasteiger partial charge in [0.05, 0.1) is 13.2 Å². The third-order valence-electron chi connectivity index (χ3n) is 3.35. The summed E-state index contributed by atoms with van der Waals surface area (Å²) >= 11 is 0. The summed E-state index contributed by atoms with van der Waals surface area (Å²) in [5, 5.41) is 1.28. The first kappa shape index (κ1) is 17.0. The summed E-state index contributed by atoms with van der Waals surface area (Å²) in [6.45, 7) is 6.82. The molecule has 0 spiro atoms. The molecule has 0 aliphatic rings. The van der Waals surface area contributed by atoms with E-state index in [9.17, 15) is 4.79 Å². The van der Waals surface area contributed by atoms with Crippen molar-refractivity contribution >= 4 is 6.09 Å².